The van der Waals surface area contributed by atoms with Gasteiger partial charge in [0.1, 0.15) is 11.5 Å². The zero-order valence-electron chi connectivity index (χ0n) is 11.6. The first kappa shape index (κ1) is 15.1. The SMILES string of the molecule is COc1ccc(OC(=O)C#Cc2ccc([N+](=O)[O-])cc2)cc1. The predicted octanol–water partition coefficient (Wildman–Crippen LogP) is 2.56. The molecule has 0 fully saturated rings. The van der Waals surface area contributed by atoms with Gasteiger partial charge in [0.15, 0.2) is 0 Å². The third-order valence-electron chi connectivity index (χ3n) is 2.66. The van der Waals surface area contributed by atoms with Crippen molar-refractivity contribution in [2.75, 3.05) is 7.11 Å². The van der Waals surface area contributed by atoms with Crippen molar-refractivity contribution in [3.05, 3.63) is 64.2 Å². The maximum atomic E-state index is 11.6. The lowest BCUT2D eigenvalue weighted by molar-refractivity contribution is -0.384. The van der Waals surface area contributed by atoms with Crippen LogP contribution < -0.4 is 9.47 Å². The Morgan fingerprint density at radius 3 is 2.18 bits per heavy atom. The fourth-order valence-electron chi connectivity index (χ4n) is 1.57. The zero-order chi connectivity index (χ0) is 15.9. The number of benzene rings is 2. The Morgan fingerprint density at radius 1 is 1.05 bits per heavy atom. The van der Waals surface area contributed by atoms with E-state index in [0.717, 1.165) is 0 Å². The van der Waals surface area contributed by atoms with Gasteiger partial charge in [-0.05, 0) is 36.4 Å². The molecule has 0 radical (unpaired) electrons. The fourth-order valence-corrected chi connectivity index (χ4v) is 1.57. The van der Waals surface area contributed by atoms with E-state index < -0.39 is 10.9 Å². The molecule has 2 aromatic rings. The molecule has 0 amide bonds. The molecule has 0 atom stereocenters. The van der Waals surface area contributed by atoms with Gasteiger partial charge in [0.2, 0.25) is 0 Å². The molecule has 0 N–H and O–H groups in total. The quantitative estimate of drug-likeness (QED) is 0.286. The molecule has 0 unspecified atom stereocenters. The van der Waals surface area contributed by atoms with Crippen LogP contribution >= 0.6 is 0 Å². The fraction of sp³-hybridized carbons (Fsp3) is 0.0625. The lowest BCUT2D eigenvalue weighted by Crippen LogP contribution is -2.04. The number of rotatable bonds is 3. The van der Waals surface area contributed by atoms with Crippen molar-refractivity contribution in [1.29, 1.82) is 0 Å². The lowest BCUT2D eigenvalue weighted by atomic mass is 10.2. The zero-order valence-corrected chi connectivity index (χ0v) is 11.6. The third kappa shape index (κ3) is 4.08. The molecule has 22 heavy (non-hydrogen) atoms. The van der Waals surface area contributed by atoms with Crippen LogP contribution in [0.3, 0.4) is 0 Å². The Morgan fingerprint density at radius 2 is 1.64 bits per heavy atom. The Labute approximate surface area is 126 Å². The van der Waals surface area contributed by atoms with E-state index >= 15 is 0 Å². The number of carbonyl (C=O) groups excluding carboxylic acids is 1. The number of nitro groups is 1. The van der Waals surface area contributed by atoms with Crippen LogP contribution in [0, 0.1) is 22.0 Å². The summed E-state index contributed by atoms with van der Waals surface area (Å²) in [5.74, 6) is 5.18. The average molecular weight is 297 g/mol. The topological polar surface area (TPSA) is 78.7 Å². The second kappa shape index (κ2) is 6.90. The van der Waals surface area contributed by atoms with E-state index in [1.165, 1.54) is 31.4 Å². The first-order valence-electron chi connectivity index (χ1n) is 6.21. The molecule has 0 aliphatic carbocycles. The second-order valence-corrected chi connectivity index (χ2v) is 4.12. The number of methoxy groups -OCH3 is 1. The van der Waals surface area contributed by atoms with Gasteiger partial charge in [0.25, 0.3) is 5.69 Å². The van der Waals surface area contributed by atoms with Crippen LogP contribution in [0.25, 0.3) is 0 Å². The van der Waals surface area contributed by atoms with E-state index in [2.05, 4.69) is 11.8 Å². The Balaban J connectivity index is 2.01. The number of ether oxygens (including phenoxy) is 2. The highest BCUT2D eigenvalue weighted by Gasteiger charge is 2.03. The first-order valence-corrected chi connectivity index (χ1v) is 6.21. The molecule has 0 aromatic heterocycles. The summed E-state index contributed by atoms with van der Waals surface area (Å²) in [6, 6.07) is 12.1. The molecule has 0 saturated carbocycles. The molecule has 0 heterocycles. The van der Waals surface area contributed by atoms with Crippen LogP contribution in [-0.4, -0.2) is 18.0 Å². The van der Waals surface area contributed by atoms with Gasteiger partial charge < -0.3 is 9.47 Å². The van der Waals surface area contributed by atoms with Crippen LogP contribution in [-0.2, 0) is 4.79 Å². The lowest BCUT2D eigenvalue weighted by Gasteiger charge is -2.01. The normalized spacial score (nSPS) is 9.32. The van der Waals surface area contributed by atoms with Crippen LogP contribution in [0.1, 0.15) is 5.56 Å². The standard InChI is InChI=1S/C16H11NO5/c1-21-14-7-9-15(10-8-14)22-16(18)11-4-12-2-5-13(6-3-12)17(19)20/h2-3,5-10H,1H3. The van der Waals surface area contributed by atoms with Gasteiger partial charge in [-0.15, -0.1) is 0 Å². The maximum Gasteiger partial charge on any atom is 0.390 e. The largest absolute Gasteiger partial charge is 0.497 e. The third-order valence-corrected chi connectivity index (χ3v) is 2.66. The molecule has 0 aliphatic heterocycles. The van der Waals surface area contributed by atoms with Crippen molar-refractivity contribution in [3.63, 3.8) is 0 Å². The number of hydrogen-bond donors (Lipinski definition) is 0. The summed E-state index contributed by atoms with van der Waals surface area (Å²) in [7, 11) is 1.54. The van der Waals surface area contributed by atoms with Gasteiger partial charge in [-0.3, -0.25) is 10.1 Å². The number of hydrogen-bond acceptors (Lipinski definition) is 5. The Hall–Kier alpha value is -3.33. The number of esters is 1. The van der Waals surface area contributed by atoms with Crippen molar-refractivity contribution in [2.24, 2.45) is 0 Å². The van der Waals surface area contributed by atoms with E-state index in [4.69, 9.17) is 9.47 Å². The first-order chi connectivity index (χ1) is 10.6. The molecular weight excluding hydrogens is 286 g/mol. The summed E-state index contributed by atoms with van der Waals surface area (Å²) in [4.78, 5) is 21.6. The van der Waals surface area contributed by atoms with Gasteiger partial charge >= 0.3 is 5.97 Å². The smallest absolute Gasteiger partial charge is 0.390 e. The summed E-state index contributed by atoms with van der Waals surface area (Å²) in [6.45, 7) is 0. The van der Waals surface area contributed by atoms with E-state index in [1.54, 1.807) is 24.3 Å². The Bertz CT molecular complexity index is 739. The van der Waals surface area contributed by atoms with Gasteiger partial charge in [-0.25, -0.2) is 4.79 Å². The summed E-state index contributed by atoms with van der Waals surface area (Å²) < 4.78 is 10.0. The summed E-state index contributed by atoms with van der Waals surface area (Å²) in [5, 5.41) is 10.5. The van der Waals surface area contributed by atoms with Crippen LogP contribution in [0.15, 0.2) is 48.5 Å². The molecule has 0 aliphatic rings. The van der Waals surface area contributed by atoms with Crippen LogP contribution in [0.5, 0.6) is 11.5 Å². The van der Waals surface area contributed by atoms with Gasteiger partial charge in [0, 0.05) is 23.6 Å². The Kier molecular flexibility index (Phi) is 4.73. The van der Waals surface area contributed by atoms with Crippen molar-refractivity contribution in [3.8, 4) is 23.3 Å². The van der Waals surface area contributed by atoms with Crippen molar-refractivity contribution < 1.29 is 19.2 Å². The number of carbonyl (C=O) groups is 1. The van der Waals surface area contributed by atoms with E-state index in [-0.39, 0.29) is 5.69 Å². The van der Waals surface area contributed by atoms with Crippen molar-refractivity contribution in [1.82, 2.24) is 0 Å². The minimum Gasteiger partial charge on any atom is -0.497 e. The highest BCUT2D eigenvalue weighted by Crippen LogP contribution is 2.17. The van der Waals surface area contributed by atoms with E-state index in [9.17, 15) is 14.9 Å². The molecular formula is C16H11NO5. The minimum atomic E-state index is -0.719. The van der Waals surface area contributed by atoms with Gasteiger partial charge in [-0.2, -0.15) is 0 Å². The average Bonchev–Trinajstić information content (AvgIpc) is 2.54. The molecule has 0 saturated heterocycles. The second-order valence-electron chi connectivity index (χ2n) is 4.12. The number of non-ortho nitro benzene ring substituents is 1. The molecule has 2 aromatic carbocycles. The van der Waals surface area contributed by atoms with Gasteiger partial charge in [-0.1, -0.05) is 5.92 Å². The molecule has 6 heteroatoms. The van der Waals surface area contributed by atoms with Crippen molar-refractivity contribution in [2.45, 2.75) is 0 Å². The van der Waals surface area contributed by atoms with Gasteiger partial charge in [0.05, 0.1) is 12.0 Å². The predicted molar refractivity (Wildman–Crippen MR) is 78.6 cm³/mol. The summed E-state index contributed by atoms with van der Waals surface area (Å²) in [6.07, 6.45) is 0. The van der Waals surface area contributed by atoms with E-state index in [1.807, 2.05) is 0 Å². The van der Waals surface area contributed by atoms with E-state index in [0.29, 0.717) is 17.1 Å². The van der Waals surface area contributed by atoms with Crippen LogP contribution in [0.2, 0.25) is 0 Å². The highest BCUT2D eigenvalue weighted by atomic mass is 16.6. The molecule has 0 bridgehead atoms. The minimum absolute atomic E-state index is 0.0358. The number of nitro benzene ring substituents is 1. The molecule has 0 spiro atoms. The highest BCUT2D eigenvalue weighted by molar-refractivity contribution is 5.90. The monoisotopic (exact) mass is 297 g/mol. The van der Waals surface area contributed by atoms with Crippen LogP contribution in [0.4, 0.5) is 5.69 Å². The summed E-state index contributed by atoms with van der Waals surface area (Å²) in [5.41, 5.74) is 0.448. The molecule has 110 valence electrons. The number of nitrogens with zero attached hydrogens (tertiary/aromatic N) is 1. The maximum absolute atomic E-state index is 11.6. The molecule has 6 nitrogen and oxygen atoms in total. The molecule has 2 rings (SSSR count). The van der Waals surface area contributed by atoms with Crippen molar-refractivity contribution >= 4 is 11.7 Å². The summed E-state index contributed by atoms with van der Waals surface area (Å²) >= 11 is 0.